The van der Waals surface area contributed by atoms with Gasteiger partial charge < -0.3 is 5.32 Å². The highest BCUT2D eigenvalue weighted by atomic mass is 35.5. The second kappa shape index (κ2) is 5.59. The lowest BCUT2D eigenvalue weighted by Gasteiger charge is -2.13. The van der Waals surface area contributed by atoms with E-state index in [2.05, 4.69) is 5.32 Å². The van der Waals surface area contributed by atoms with E-state index in [0.717, 1.165) is 32.2 Å². The number of amides is 1. The first-order chi connectivity index (χ1) is 6.63. The van der Waals surface area contributed by atoms with Gasteiger partial charge in [0.1, 0.15) is 0 Å². The van der Waals surface area contributed by atoms with E-state index in [1.165, 1.54) is 0 Å². The number of halogens is 1. The molecule has 0 aromatic rings. The molecule has 1 saturated carbocycles. The lowest BCUT2D eigenvalue weighted by molar-refractivity contribution is -0.124. The van der Waals surface area contributed by atoms with Crippen LogP contribution >= 0.6 is 11.6 Å². The average Bonchev–Trinajstić information content (AvgIpc) is 2.59. The Balaban J connectivity index is 2.17. The summed E-state index contributed by atoms with van der Waals surface area (Å²) in [6, 6.07) is 0. The van der Waals surface area contributed by atoms with E-state index in [0.29, 0.717) is 11.3 Å². The van der Waals surface area contributed by atoms with Gasteiger partial charge in [0.05, 0.1) is 0 Å². The van der Waals surface area contributed by atoms with E-state index >= 15 is 0 Å². The molecule has 0 bridgehead atoms. The molecule has 82 valence electrons. The Morgan fingerprint density at radius 3 is 2.79 bits per heavy atom. The molecule has 0 aromatic heterocycles. The predicted octanol–water partition coefficient (Wildman–Crippen LogP) is 2.56. The quantitative estimate of drug-likeness (QED) is 0.721. The molecule has 14 heavy (non-hydrogen) atoms. The molecular formula is C11H20ClNO. The van der Waals surface area contributed by atoms with Crippen LogP contribution in [0.15, 0.2) is 0 Å². The molecule has 0 heterocycles. The van der Waals surface area contributed by atoms with E-state index in [-0.39, 0.29) is 11.8 Å². The minimum atomic E-state index is 0.142. The van der Waals surface area contributed by atoms with Crippen molar-refractivity contribution in [1.29, 1.82) is 0 Å². The molecule has 0 aromatic carbocycles. The SMILES string of the molecule is CCC(C)C(=O)NCC1CCC(Cl)C1. The zero-order chi connectivity index (χ0) is 10.6. The first-order valence-corrected chi connectivity index (χ1v) is 5.98. The van der Waals surface area contributed by atoms with Gasteiger partial charge in [-0.05, 0) is 31.6 Å². The van der Waals surface area contributed by atoms with Crippen molar-refractivity contribution < 1.29 is 4.79 Å². The summed E-state index contributed by atoms with van der Waals surface area (Å²) >= 11 is 6.00. The fourth-order valence-electron chi connectivity index (χ4n) is 1.80. The van der Waals surface area contributed by atoms with Crippen LogP contribution in [0.3, 0.4) is 0 Å². The predicted molar refractivity (Wildman–Crippen MR) is 59.4 cm³/mol. The van der Waals surface area contributed by atoms with Crippen molar-refractivity contribution in [2.45, 2.75) is 44.9 Å². The van der Waals surface area contributed by atoms with Gasteiger partial charge in [-0.3, -0.25) is 4.79 Å². The van der Waals surface area contributed by atoms with Gasteiger partial charge in [-0.15, -0.1) is 11.6 Å². The van der Waals surface area contributed by atoms with E-state index in [1.807, 2.05) is 13.8 Å². The smallest absolute Gasteiger partial charge is 0.222 e. The monoisotopic (exact) mass is 217 g/mol. The highest BCUT2D eigenvalue weighted by Crippen LogP contribution is 2.28. The highest BCUT2D eigenvalue weighted by molar-refractivity contribution is 6.20. The number of nitrogens with one attached hydrogen (secondary N) is 1. The minimum absolute atomic E-state index is 0.142. The van der Waals surface area contributed by atoms with Gasteiger partial charge in [-0.2, -0.15) is 0 Å². The van der Waals surface area contributed by atoms with Gasteiger partial charge in [0, 0.05) is 17.8 Å². The average molecular weight is 218 g/mol. The second-order valence-corrected chi connectivity index (χ2v) is 4.95. The van der Waals surface area contributed by atoms with Gasteiger partial charge in [-0.1, -0.05) is 13.8 Å². The number of hydrogen-bond acceptors (Lipinski definition) is 1. The van der Waals surface area contributed by atoms with Gasteiger partial charge in [0.15, 0.2) is 0 Å². The Kier molecular flexibility index (Phi) is 4.73. The summed E-state index contributed by atoms with van der Waals surface area (Å²) in [5.74, 6) is 0.930. The lowest BCUT2D eigenvalue weighted by Crippen LogP contribution is -2.32. The third-order valence-electron chi connectivity index (χ3n) is 3.10. The number of hydrogen-bond donors (Lipinski definition) is 1. The van der Waals surface area contributed by atoms with Crippen LogP contribution in [0.5, 0.6) is 0 Å². The molecule has 0 aliphatic heterocycles. The molecule has 1 N–H and O–H groups in total. The van der Waals surface area contributed by atoms with Crippen molar-refractivity contribution in [3.8, 4) is 0 Å². The van der Waals surface area contributed by atoms with Crippen LogP contribution in [0, 0.1) is 11.8 Å². The van der Waals surface area contributed by atoms with E-state index in [1.54, 1.807) is 0 Å². The molecule has 1 rings (SSSR count). The Bertz CT molecular complexity index is 196. The normalized spacial score (nSPS) is 28.8. The summed E-state index contributed by atoms with van der Waals surface area (Å²) in [5, 5.41) is 3.33. The molecule has 0 saturated heterocycles. The van der Waals surface area contributed by atoms with Crippen molar-refractivity contribution in [2.75, 3.05) is 6.54 Å². The molecule has 3 unspecified atom stereocenters. The van der Waals surface area contributed by atoms with Crippen LogP contribution in [0.2, 0.25) is 0 Å². The van der Waals surface area contributed by atoms with Gasteiger partial charge in [-0.25, -0.2) is 0 Å². The van der Waals surface area contributed by atoms with Gasteiger partial charge >= 0.3 is 0 Å². The minimum Gasteiger partial charge on any atom is -0.356 e. The number of carbonyl (C=O) groups is 1. The van der Waals surface area contributed by atoms with Crippen molar-refractivity contribution in [1.82, 2.24) is 5.32 Å². The van der Waals surface area contributed by atoms with Gasteiger partial charge in [0.25, 0.3) is 0 Å². The molecule has 0 radical (unpaired) electrons. The molecule has 3 atom stereocenters. The number of alkyl halides is 1. The first kappa shape index (κ1) is 11.8. The van der Waals surface area contributed by atoms with Crippen molar-refractivity contribution in [3.63, 3.8) is 0 Å². The maximum Gasteiger partial charge on any atom is 0.222 e. The third kappa shape index (κ3) is 3.49. The van der Waals surface area contributed by atoms with Crippen LogP contribution in [-0.4, -0.2) is 17.8 Å². The zero-order valence-corrected chi connectivity index (χ0v) is 9.81. The Hall–Kier alpha value is -0.240. The maximum absolute atomic E-state index is 11.5. The topological polar surface area (TPSA) is 29.1 Å². The fraction of sp³-hybridized carbons (Fsp3) is 0.909. The Morgan fingerprint density at radius 1 is 1.57 bits per heavy atom. The Labute approximate surface area is 91.4 Å². The first-order valence-electron chi connectivity index (χ1n) is 5.55. The number of carbonyl (C=O) groups excluding carboxylic acids is 1. The van der Waals surface area contributed by atoms with E-state index < -0.39 is 0 Å². The van der Waals surface area contributed by atoms with Crippen molar-refractivity contribution in [2.24, 2.45) is 11.8 Å². The third-order valence-corrected chi connectivity index (χ3v) is 3.50. The molecule has 3 heteroatoms. The molecule has 0 spiro atoms. The fourth-order valence-corrected chi connectivity index (χ4v) is 2.18. The van der Waals surface area contributed by atoms with E-state index in [4.69, 9.17) is 11.6 Å². The molecular weight excluding hydrogens is 198 g/mol. The summed E-state index contributed by atoms with van der Waals surface area (Å²) in [6.45, 7) is 4.81. The van der Waals surface area contributed by atoms with Crippen LogP contribution in [0.25, 0.3) is 0 Å². The standard InChI is InChI=1S/C11H20ClNO/c1-3-8(2)11(14)13-7-9-4-5-10(12)6-9/h8-10H,3-7H2,1-2H3,(H,13,14). The number of rotatable bonds is 4. The van der Waals surface area contributed by atoms with Crippen molar-refractivity contribution >= 4 is 17.5 Å². The molecule has 1 aliphatic carbocycles. The molecule has 2 nitrogen and oxygen atoms in total. The molecule has 1 fully saturated rings. The van der Waals surface area contributed by atoms with E-state index in [9.17, 15) is 4.79 Å². The van der Waals surface area contributed by atoms with Crippen LogP contribution in [-0.2, 0) is 4.79 Å². The zero-order valence-electron chi connectivity index (χ0n) is 9.05. The van der Waals surface area contributed by atoms with Gasteiger partial charge in [0.2, 0.25) is 5.91 Å². The molecule has 1 amide bonds. The summed E-state index contributed by atoms with van der Waals surface area (Å²) < 4.78 is 0. The highest BCUT2D eigenvalue weighted by Gasteiger charge is 2.23. The lowest BCUT2D eigenvalue weighted by atomic mass is 10.1. The van der Waals surface area contributed by atoms with Crippen LogP contribution < -0.4 is 5.32 Å². The largest absolute Gasteiger partial charge is 0.356 e. The summed E-state index contributed by atoms with van der Waals surface area (Å²) in [5.41, 5.74) is 0. The summed E-state index contributed by atoms with van der Waals surface area (Å²) in [7, 11) is 0. The van der Waals surface area contributed by atoms with Crippen LogP contribution in [0.4, 0.5) is 0 Å². The Morgan fingerprint density at radius 2 is 2.29 bits per heavy atom. The van der Waals surface area contributed by atoms with Crippen molar-refractivity contribution in [3.05, 3.63) is 0 Å². The maximum atomic E-state index is 11.5. The summed E-state index contributed by atoms with van der Waals surface area (Å²) in [4.78, 5) is 11.5. The molecule has 1 aliphatic rings. The second-order valence-electron chi connectivity index (χ2n) is 4.33. The van der Waals surface area contributed by atoms with Crippen LogP contribution in [0.1, 0.15) is 39.5 Å². The summed E-state index contributed by atoms with van der Waals surface area (Å²) in [6.07, 6.45) is 4.23.